The molecule has 1 aromatic heterocycles. The van der Waals surface area contributed by atoms with Crippen molar-refractivity contribution in [2.75, 3.05) is 58.5 Å². The summed E-state index contributed by atoms with van der Waals surface area (Å²) in [4.78, 5) is 37.3. The molecule has 3 aromatic rings. The molecule has 0 unspecified atom stereocenters. The van der Waals surface area contributed by atoms with Crippen LogP contribution >= 0.6 is 11.3 Å². The maximum atomic E-state index is 14.1. The van der Waals surface area contributed by atoms with Crippen LogP contribution in [0.15, 0.2) is 63.5 Å². The molecule has 10 heteroatoms. The van der Waals surface area contributed by atoms with Gasteiger partial charge in [0.2, 0.25) is 0 Å². The highest BCUT2D eigenvalue weighted by Gasteiger charge is 2.36. The molecule has 0 saturated carbocycles. The molecule has 5 rings (SSSR count). The monoisotopic (exact) mass is 576 g/mol. The summed E-state index contributed by atoms with van der Waals surface area (Å²) in [5.41, 5.74) is 3.54. The van der Waals surface area contributed by atoms with Crippen LogP contribution in [-0.4, -0.2) is 69.0 Å². The van der Waals surface area contributed by atoms with Crippen LogP contribution in [0.5, 0.6) is 11.5 Å². The lowest BCUT2D eigenvalue weighted by molar-refractivity contribution is -0.127. The maximum absolute atomic E-state index is 14.1. The summed E-state index contributed by atoms with van der Waals surface area (Å²) in [7, 11) is 3.17. The zero-order valence-corrected chi connectivity index (χ0v) is 25.0. The van der Waals surface area contributed by atoms with Crippen LogP contribution in [0.3, 0.4) is 0 Å². The van der Waals surface area contributed by atoms with Gasteiger partial charge in [-0.15, -0.1) is 0 Å². The first kappa shape index (κ1) is 28.6. The summed E-state index contributed by atoms with van der Waals surface area (Å²) in [5.74, 6) is 1.01. The first-order valence-corrected chi connectivity index (χ1v) is 14.7. The number of thiazole rings is 1. The van der Waals surface area contributed by atoms with Crippen LogP contribution in [0.4, 0.5) is 5.69 Å². The van der Waals surface area contributed by atoms with Crippen LogP contribution in [0.2, 0.25) is 0 Å². The number of ether oxygens (including phenoxy) is 3. The molecule has 2 aromatic carbocycles. The second kappa shape index (κ2) is 12.3. The summed E-state index contributed by atoms with van der Waals surface area (Å²) < 4.78 is 18.9. The van der Waals surface area contributed by atoms with Crippen molar-refractivity contribution in [1.82, 2.24) is 9.47 Å². The lowest BCUT2D eigenvalue weighted by atomic mass is 9.93. The molecule has 0 bridgehead atoms. The average Bonchev–Trinajstić information content (AvgIpc) is 3.31. The first-order valence-electron chi connectivity index (χ1n) is 13.9. The highest BCUT2D eigenvalue weighted by molar-refractivity contribution is 7.07. The quantitative estimate of drug-likeness (QED) is 0.410. The first-order chi connectivity index (χ1) is 19.9. The lowest BCUT2D eigenvalue weighted by Crippen LogP contribution is -2.43. The number of hydrogen-bond donors (Lipinski definition) is 0. The van der Waals surface area contributed by atoms with Crippen molar-refractivity contribution >= 4 is 29.0 Å². The van der Waals surface area contributed by atoms with Gasteiger partial charge in [-0.3, -0.25) is 14.2 Å². The Morgan fingerprint density at radius 1 is 1.10 bits per heavy atom. The van der Waals surface area contributed by atoms with Gasteiger partial charge in [-0.05, 0) is 62.7 Å². The molecule has 0 N–H and O–H groups in total. The second-order valence-corrected chi connectivity index (χ2v) is 10.9. The SMILES string of the molecule is CCN(CC)C(=O)C1=C(C)N=c2s/c(=C\c3ccc(N4CCOCC4)cc3)c(=O)n2[C@@H]1c1cc(OC)ccc1OC. The fourth-order valence-electron chi connectivity index (χ4n) is 5.38. The zero-order valence-electron chi connectivity index (χ0n) is 24.2. The number of fused-ring (bicyclic) bond motifs is 1. The van der Waals surface area contributed by atoms with E-state index < -0.39 is 6.04 Å². The number of anilines is 1. The number of nitrogens with zero attached hydrogens (tertiary/aromatic N) is 4. The van der Waals surface area contributed by atoms with Gasteiger partial charge in [-0.1, -0.05) is 23.5 Å². The van der Waals surface area contributed by atoms with Gasteiger partial charge < -0.3 is 24.0 Å². The van der Waals surface area contributed by atoms with Gasteiger partial charge in [0.05, 0.1) is 43.2 Å². The third-order valence-corrected chi connectivity index (χ3v) is 8.58. The molecule has 1 saturated heterocycles. The molecule has 2 aliphatic rings. The van der Waals surface area contributed by atoms with Crippen molar-refractivity contribution in [1.29, 1.82) is 0 Å². The number of carbonyl (C=O) groups excluding carboxylic acids is 1. The summed E-state index contributed by atoms with van der Waals surface area (Å²) in [6, 6.07) is 12.9. The zero-order chi connectivity index (χ0) is 29.1. The summed E-state index contributed by atoms with van der Waals surface area (Å²) >= 11 is 1.32. The minimum Gasteiger partial charge on any atom is -0.497 e. The number of aromatic nitrogens is 1. The molecule has 216 valence electrons. The van der Waals surface area contributed by atoms with E-state index in [2.05, 4.69) is 17.0 Å². The molecule has 0 radical (unpaired) electrons. The normalized spacial score (nSPS) is 17.2. The Bertz CT molecular complexity index is 1630. The number of likely N-dealkylation sites (N-methyl/N-ethyl adjacent to an activating group) is 1. The number of allylic oxidation sites excluding steroid dienone is 1. The average molecular weight is 577 g/mol. The number of rotatable bonds is 8. The van der Waals surface area contributed by atoms with Crippen molar-refractivity contribution < 1.29 is 19.0 Å². The molecule has 9 nitrogen and oxygen atoms in total. The summed E-state index contributed by atoms with van der Waals surface area (Å²) in [6.45, 7) is 9.96. The minimum absolute atomic E-state index is 0.154. The molecule has 1 atom stereocenters. The topological polar surface area (TPSA) is 85.6 Å². The molecule has 1 amide bonds. The standard InChI is InChI=1S/C31H36N4O5S/c1-6-33(7-2)30(37)27-20(3)32-31-35(28(27)24-19-23(38-4)12-13-25(24)39-5)29(36)26(41-31)18-21-8-10-22(11-9-21)34-14-16-40-17-15-34/h8-13,18-19,28H,6-7,14-17H2,1-5H3/b26-18-/t28-/m1/s1. The van der Waals surface area contributed by atoms with Crippen molar-refractivity contribution in [2.24, 2.45) is 4.99 Å². The van der Waals surface area contributed by atoms with E-state index in [0.717, 1.165) is 37.6 Å². The van der Waals surface area contributed by atoms with Crippen LogP contribution in [0.25, 0.3) is 6.08 Å². The van der Waals surface area contributed by atoms with Crippen molar-refractivity contribution in [3.63, 3.8) is 0 Å². The van der Waals surface area contributed by atoms with Gasteiger partial charge in [-0.2, -0.15) is 0 Å². The van der Waals surface area contributed by atoms with Gasteiger partial charge in [0.1, 0.15) is 17.5 Å². The van der Waals surface area contributed by atoms with Gasteiger partial charge in [0, 0.05) is 37.4 Å². The minimum atomic E-state index is -0.727. The largest absolute Gasteiger partial charge is 0.497 e. The number of amides is 1. The molecule has 1 fully saturated rings. The molecule has 3 heterocycles. The smallest absolute Gasteiger partial charge is 0.271 e. The Hall–Kier alpha value is -3.89. The number of methoxy groups -OCH3 is 2. The fourth-order valence-corrected chi connectivity index (χ4v) is 6.42. The predicted octanol–water partition coefficient (Wildman–Crippen LogP) is 2.96. The van der Waals surface area contributed by atoms with E-state index in [9.17, 15) is 9.59 Å². The molecule has 0 spiro atoms. The van der Waals surface area contributed by atoms with Gasteiger partial charge in [0.15, 0.2) is 4.80 Å². The Morgan fingerprint density at radius 2 is 1.80 bits per heavy atom. The van der Waals surface area contributed by atoms with Gasteiger partial charge in [-0.25, -0.2) is 4.99 Å². The Labute approximate surface area is 243 Å². The van der Waals surface area contributed by atoms with Crippen LogP contribution in [0.1, 0.15) is 37.9 Å². The van der Waals surface area contributed by atoms with Crippen molar-refractivity contribution in [3.8, 4) is 11.5 Å². The molecule has 41 heavy (non-hydrogen) atoms. The maximum Gasteiger partial charge on any atom is 0.271 e. The van der Waals surface area contributed by atoms with E-state index in [-0.39, 0.29) is 11.5 Å². The van der Waals surface area contributed by atoms with E-state index in [1.54, 1.807) is 35.8 Å². The highest BCUT2D eigenvalue weighted by atomic mass is 32.1. The fraction of sp³-hybridized carbons (Fsp3) is 0.387. The number of morpholine rings is 1. The third kappa shape index (κ3) is 5.54. The highest BCUT2D eigenvalue weighted by Crippen LogP contribution is 2.38. The van der Waals surface area contributed by atoms with Crippen LogP contribution in [-0.2, 0) is 9.53 Å². The van der Waals surface area contributed by atoms with E-state index >= 15 is 0 Å². The molecule has 2 aliphatic heterocycles. The lowest BCUT2D eigenvalue weighted by Gasteiger charge is -2.30. The Kier molecular flexibility index (Phi) is 8.60. The van der Waals surface area contributed by atoms with Gasteiger partial charge >= 0.3 is 0 Å². The number of benzene rings is 2. The second-order valence-electron chi connectivity index (χ2n) is 9.86. The Morgan fingerprint density at radius 3 is 2.44 bits per heavy atom. The van der Waals surface area contributed by atoms with E-state index in [1.165, 1.54) is 11.3 Å². The van der Waals surface area contributed by atoms with E-state index in [0.29, 0.717) is 50.8 Å². The summed E-state index contributed by atoms with van der Waals surface area (Å²) in [6.07, 6.45) is 1.89. The van der Waals surface area contributed by atoms with Crippen molar-refractivity contribution in [3.05, 3.63) is 84.5 Å². The van der Waals surface area contributed by atoms with E-state index in [1.807, 2.05) is 45.0 Å². The number of carbonyl (C=O) groups is 1. The van der Waals surface area contributed by atoms with Crippen molar-refractivity contribution in [2.45, 2.75) is 26.8 Å². The molecule has 0 aliphatic carbocycles. The van der Waals surface area contributed by atoms with E-state index in [4.69, 9.17) is 19.2 Å². The van der Waals surface area contributed by atoms with Gasteiger partial charge in [0.25, 0.3) is 11.5 Å². The molecular formula is C31H36N4O5S. The van der Waals surface area contributed by atoms with Crippen LogP contribution < -0.4 is 29.3 Å². The molecular weight excluding hydrogens is 540 g/mol. The third-order valence-electron chi connectivity index (χ3n) is 7.60. The Balaban J connectivity index is 1.65. The predicted molar refractivity (Wildman–Crippen MR) is 161 cm³/mol. The summed E-state index contributed by atoms with van der Waals surface area (Å²) in [5, 5.41) is 0. The number of hydrogen-bond acceptors (Lipinski definition) is 8. The van der Waals surface area contributed by atoms with Crippen LogP contribution in [0, 0.1) is 0 Å².